The van der Waals surface area contributed by atoms with E-state index in [0.717, 1.165) is 5.56 Å². The van der Waals surface area contributed by atoms with Crippen LogP contribution in [0.3, 0.4) is 0 Å². The highest BCUT2D eigenvalue weighted by Crippen LogP contribution is 2.37. The second kappa shape index (κ2) is 11.1. The fourth-order valence-corrected chi connectivity index (χ4v) is 5.00. The molecule has 208 valence electrons. The van der Waals surface area contributed by atoms with Crippen molar-refractivity contribution >= 4 is 34.2 Å². The Morgan fingerprint density at radius 3 is 2.52 bits per heavy atom. The van der Waals surface area contributed by atoms with Gasteiger partial charge < -0.3 is 18.9 Å². The van der Waals surface area contributed by atoms with Crippen molar-refractivity contribution < 1.29 is 18.4 Å². The van der Waals surface area contributed by atoms with E-state index in [0.29, 0.717) is 39.9 Å². The lowest BCUT2D eigenvalue weighted by atomic mass is 10.2. The number of benzene rings is 1. The van der Waals surface area contributed by atoms with Gasteiger partial charge in [-0.2, -0.15) is 5.10 Å². The second-order valence-electron chi connectivity index (χ2n) is 9.09. The number of pyridine rings is 1. The van der Waals surface area contributed by atoms with E-state index in [9.17, 15) is 4.55 Å². The van der Waals surface area contributed by atoms with Crippen LogP contribution in [0.15, 0.2) is 49.1 Å². The Morgan fingerprint density at radius 1 is 1.05 bits per heavy atom. The minimum Gasteiger partial charge on any atom is -0.573 e. The number of fused-ring (bicyclic) bond motifs is 1. The topological polar surface area (TPSA) is 122 Å². The minimum atomic E-state index is -1.55. The Morgan fingerprint density at radius 2 is 1.85 bits per heavy atom. The predicted molar refractivity (Wildman–Crippen MR) is 149 cm³/mol. The molecule has 14 heteroatoms. The first-order valence-electron chi connectivity index (χ1n) is 12.1. The van der Waals surface area contributed by atoms with Gasteiger partial charge in [-0.3, -0.25) is 9.67 Å². The third-order valence-electron chi connectivity index (χ3n) is 6.05. The lowest BCUT2D eigenvalue weighted by Crippen LogP contribution is -2.31. The number of methoxy groups -OCH3 is 2. The molecular weight excluding hydrogens is 537 g/mol. The van der Waals surface area contributed by atoms with Gasteiger partial charge >= 0.3 is 0 Å². The first-order valence-corrected chi connectivity index (χ1v) is 13.2. The molecule has 0 radical (unpaired) electrons. The molecule has 1 atom stereocenters. The summed E-state index contributed by atoms with van der Waals surface area (Å²) in [6.07, 6.45) is 6.86. The summed E-state index contributed by atoms with van der Waals surface area (Å²) < 4.78 is 44.4. The van der Waals surface area contributed by atoms with Crippen LogP contribution in [0.2, 0.25) is 0 Å². The number of hydrogen-bond acceptors (Lipinski definition) is 10. The van der Waals surface area contributed by atoms with E-state index >= 15 is 4.39 Å². The molecule has 0 fully saturated rings. The highest BCUT2D eigenvalue weighted by molar-refractivity contribution is 7.87. The van der Waals surface area contributed by atoms with Gasteiger partial charge in [0.2, 0.25) is 0 Å². The maximum Gasteiger partial charge on any atom is 0.188 e. The van der Waals surface area contributed by atoms with E-state index in [1.165, 1.54) is 20.3 Å². The van der Waals surface area contributed by atoms with Gasteiger partial charge in [0.1, 0.15) is 17.1 Å². The van der Waals surface area contributed by atoms with Gasteiger partial charge in [0, 0.05) is 45.0 Å². The number of halogens is 1. The quantitative estimate of drug-likeness (QED) is 0.246. The van der Waals surface area contributed by atoms with Crippen molar-refractivity contribution in [3.05, 3.63) is 66.4 Å². The summed E-state index contributed by atoms with van der Waals surface area (Å²) in [4.78, 5) is 20.2. The molecule has 4 aromatic heterocycles. The number of aryl methyl sites for hydroxylation is 2. The van der Waals surface area contributed by atoms with Crippen LogP contribution >= 0.6 is 0 Å². The number of anilines is 2. The van der Waals surface area contributed by atoms with Gasteiger partial charge in [0.05, 0.1) is 56.4 Å². The summed E-state index contributed by atoms with van der Waals surface area (Å²) in [5, 5.41) is 4.20. The molecule has 0 aliphatic carbocycles. The molecule has 1 aromatic carbocycles. The Bertz CT molecular complexity index is 1670. The SMILES string of the molecule is COc1cc(OC)c(F)c(N(Cc2nc(C)cn2[S+]([O-])N(C)C)c2ccc3ncc(-c4cnn(C)c4)nc3n2)c1. The van der Waals surface area contributed by atoms with Crippen LogP contribution in [0.4, 0.5) is 15.9 Å². The number of ether oxygens (including phenoxy) is 2. The molecule has 40 heavy (non-hydrogen) atoms. The molecule has 1 unspecified atom stereocenters. The Balaban J connectivity index is 1.68. The molecule has 0 N–H and O–H groups in total. The Labute approximate surface area is 233 Å². The molecule has 12 nitrogen and oxygen atoms in total. The van der Waals surface area contributed by atoms with Crippen LogP contribution in [0.5, 0.6) is 11.5 Å². The lowest BCUT2D eigenvalue weighted by Gasteiger charge is -2.26. The molecule has 0 aliphatic heterocycles. The first-order chi connectivity index (χ1) is 19.2. The number of nitrogens with zero attached hydrogens (tertiary/aromatic N) is 9. The van der Waals surface area contributed by atoms with Crippen LogP contribution in [0.25, 0.3) is 22.4 Å². The summed E-state index contributed by atoms with van der Waals surface area (Å²) in [7, 11) is 8.08. The zero-order valence-electron chi connectivity index (χ0n) is 22.9. The standard InChI is InChI=1S/C26H28FN9O3S/c1-16-13-36(40(37)33(2)3)24(30-16)15-35(21-9-18(38-5)10-22(39-6)25(21)27)23-8-7-19-26(32-23)31-20(12-28-19)17-11-29-34(4)14-17/h7-14H,15H2,1-6H3. The van der Waals surface area contributed by atoms with Crippen molar-refractivity contribution in [1.29, 1.82) is 0 Å². The third-order valence-corrected chi connectivity index (χ3v) is 7.33. The maximum atomic E-state index is 15.8. The average Bonchev–Trinajstić information content (AvgIpc) is 3.55. The van der Waals surface area contributed by atoms with E-state index in [4.69, 9.17) is 19.4 Å². The van der Waals surface area contributed by atoms with Gasteiger partial charge in [0.15, 0.2) is 34.6 Å². The van der Waals surface area contributed by atoms with E-state index in [1.54, 1.807) is 75.7 Å². The molecule has 0 saturated heterocycles. The summed E-state index contributed by atoms with van der Waals surface area (Å²) in [6, 6.07) is 6.48. The fraction of sp³-hybridized carbons (Fsp3) is 0.269. The maximum absolute atomic E-state index is 15.8. The fourth-order valence-electron chi connectivity index (χ4n) is 4.13. The highest BCUT2D eigenvalue weighted by Gasteiger charge is 2.26. The number of aromatic nitrogens is 7. The van der Waals surface area contributed by atoms with Gasteiger partial charge in [0.25, 0.3) is 0 Å². The van der Waals surface area contributed by atoms with Crippen LogP contribution in [0, 0.1) is 12.7 Å². The minimum absolute atomic E-state index is 0.00446. The molecule has 0 aliphatic rings. The molecule has 5 rings (SSSR count). The summed E-state index contributed by atoms with van der Waals surface area (Å²) in [5.74, 6) is 0.554. The number of hydrogen-bond donors (Lipinski definition) is 0. The van der Waals surface area contributed by atoms with E-state index in [1.807, 2.05) is 13.2 Å². The zero-order valence-corrected chi connectivity index (χ0v) is 23.7. The van der Waals surface area contributed by atoms with Gasteiger partial charge in [-0.05, 0) is 19.1 Å². The van der Waals surface area contributed by atoms with Gasteiger partial charge in [-0.1, -0.05) is 0 Å². The molecule has 5 aromatic rings. The van der Waals surface area contributed by atoms with Crippen LogP contribution < -0.4 is 14.4 Å². The van der Waals surface area contributed by atoms with Crippen molar-refractivity contribution in [2.45, 2.75) is 13.5 Å². The second-order valence-corrected chi connectivity index (χ2v) is 10.7. The van der Waals surface area contributed by atoms with E-state index in [2.05, 4.69) is 15.1 Å². The normalized spacial score (nSPS) is 12.2. The summed E-state index contributed by atoms with van der Waals surface area (Å²) >= 11 is -1.55. The number of rotatable bonds is 9. The average molecular weight is 566 g/mol. The van der Waals surface area contributed by atoms with Gasteiger partial charge in [-0.25, -0.2) is 19.3 Å². The Kier molecular flexibility index (Phi) is 7.56. The van der Waals surface area contributed by atoms with Crippen molar-refractivity contribution in [3.63, 3.8) is 0 Å². The monoisotopic (exact) mass is 565 g/mol. The van der Waals surface area contributed by atoms with Crippen LogP contribution in [0.1, 0.15) is 11.5 Å². The number of imidazole rings is 1. The summed E-state index contributed by atoms with van der Waals surface area (Å²) in [6.45, 7) is 1.82. The molecule has 0 spiro atoms. The van der Waals surface area contributed by atoms with Gasteiger partial charge in [-0.15, -0.1) is 8.28 Å². The van der Waals surface area contributed by atoms with E-state index in [-0.39, 0.29) is 18.0 Å². The van der Waals surface area contributed by atoms with Crippen molar-refractivity contribution in [3.8, 4) is 22.8 Å². The van der Waals surface area contributed by atoms with Crippen LogP contribution in [-0.4, -0.2) is 70.9 Å². The van der Waals surface area contributed by atoms with Crippen molar-refractivity contribution in [2.24, 2.45) is 7.05 Å². The van der Waals surface area contributed by atoms with E-state index < -0.39 is 17.4 Å². The molecule has 0 saturated carbocycles. The highest BCUT2D eigenvalue weighted by atomic mass is 32.2. The Hall–Kier alpha value is -4.27. The van der Waals surface area contributed by atoms with Crippen molar-refractivity contribution in [1.82, 2.24) is 38.0 Å². The lowest BCUT2D eigenvalue weighted by molar-refractivity contribution is 0.374. The zero-order chi connectivity index (χ0) is 28.6. The van der Waals surface area contributed by atoms with Crippen LogP contribution in [-0.2, 0) is 25.1 Å². The summed E-state index contributed by atoms with van der Waals surface area (Å²) in [5.41, 5.74) is 3.09. The molecule has 4 heterocycles. The molecule has 0 bridgehead atoms. The molecule has 0 amide bonds. The third kappa shape index (κ3) is 5.28. The molecular formula is C26H28FN9O3S. The predicted octanol–water partition coefficient (Wildman–Crippen LogP) is 3.41. The first kappa shape index (κ1) is 27.3. The largest absolute Gasteiger partial charge is 0.573 e. The van der Waals surface area contributed by atoms with Crippen molar-refractivity contribution in [2.75, 3.05) is 33.2 Å². The smallest absolute Gasteiger partial charge is 0.188 e.